The second-order valence-electron chi connectivity index (χ2n) is 5.10. The van der Waals surface area contributed by atoms with Gasteiger partial charge in [-0.05, 0) is 13.0 Å². The minimum Gasteiger partial charge on any atom is -0.296 e. The molecule has 0 atom stereocenters. The molecule has 0 aliphatic heterocycles. The highest BCUT2D eigenvalue weighted by Gasteiger charge is 2.32. The summed E-state index contributed by atoms with van der Waals surface area (Å²) in [5.74, 6) is 0. The molecular formula is C16H10ClF3N2O. The van der Waals surface area contributed by atoms with Crippen LogP contribution in [0.5, 0.6) is 0 Å². The minimum atomic E-state index is -4.56. The Morgan fingerprint density at radius 2 is 1.87 bits per heavy atom. The van der Waals surface area contributed by atoms with E-state index in [9.17, 15) is 18.0 Å². The number of halogens is 4. The number of carbonyl (C=O) groups is 1. The molecule has 0 radical (unpaired) electrons. The number of pyridine rings is 1. The molecule has 3 aromatic rings. The topological polar surface area (TPSA) is 34.4 Å². The Morgan fingerprint density at radius 3 is 2.43 bits per heavy atom. The molecule has 0 aliphatic carbocycles. The van der Waals surface area contributed by atoms with Crippen molar-refractivity contribution in [3.63, 3.8) is 0 Å². The highest BCUT2D eigenvalue weighted by Crippen LogP contribution is 2.34. The van der Waals surface area contributed by atoms with Crippen LogP contribution >= 0.6 is 11.6 Å². The lowest BCUT2D eigenvalue weighted by atomic mass is 10.1. The molecule has 0 aliphatic rings. The van der Waals surface area contributed by atoms with Gasteiger partial charge >= 0.3 is 6.18 Å². The summed E-state index contributed by atoms with van der Waals surface area (Å²) >= 11 is 5.92. The third kappa shape index (κ3) is 2.70. The van der Waals surface area contributed by atoms with E-state index in [0.29, 0.717) is 17.5 Å². The summed E-state index contributed by atoms with van der Waals surface area (Å²) in [5, 5.41) is -0.165. The number of hydrogen-bond donors (Lipinski definition) is 0. The summed E-state index contributed by atoms with van der Waals surface area (Å²) in [6, 6.07) is 7.97. The highest BCUT2D eigenvalue weighted by molar-refractivity contribution is 6.33. The minimum absolute atomic E-state index is 0.0249. The molecule has 23 heavy (non-hydrogen) atoms. The number of fused-ring (bicyclic) bond motifs is 1. The van der Waals surface area contributed by atoms with Crippen LogP contribution in [-0.2, 0) is 6.18 Å². The summed E-state index contributed by atoms with van der Waals surface area (Å²) in [4.78, 5) is 15.7. The van der Waals surface area contributed by atoms with Crippen LogP contribution in [0.1, 0.15) is 21.6 Å². The summed E-state index contributed by atoms with van der Waals surface area (Å²) in [7, 11) is 0. The Morgan fingerprint density at radius 1 is 1.22 bits per heavy atom. The van der Waals surface area contributed by atoms with Gasteiger partial charge in [0.1, 0.15) is 11.4 Å². The monoisotopic (exact) mass is 338 g/mol. The van der Waals surface area contributed by atoms with Gasteiger partial charge in [0.2, 0.25) is 0 Å². The van der Waals surface area contributed by atoms with Crippen molar-refractivity contribution in [2.24, 2.45) is 0 Å². The number of benzene rings is 1. The zero-order valence-electron chi connectivity index (χ0n) is 11.9. The van der Waals surface area contributed by atoms with Crippen molar-refractivity contribution in [3.05, 3.63) is 58.4 Å². The molecule has 0 fully saturated rings. The maximum absolute atomic E-state index is 12.9. The zero-order valence-corrected chi connectivity index (χ0v) is 12.6. The van der Waals surface area contributed by atoms with Crippen molar-refractivity contribution in [2.75, 3.05) is 0 Å². The fraction of sp³-hybridized carbons (Fsp3) is 0.125. The van der Waals surface area contributed by atoms with Crippen LogP contribution < -0.4 is 0 Å². The average Bonchev–Trinajstić information content (AvgIpc) is 2.86. The van der Waals surface area contributed by atoms with Gasteiger partial charge < -0.3 is 0 Å². The van der Waals surface area contributed by atoms with Crippen molar-refractivity contribution in [2.45, 2.75) is 13.1 Å². The predicted molar refractivity (Wildman–Crippen MR) is 80.8 cm³/mol. The SMILES string of the molecule is Cc1ccc(-c2nc3c(Cl)cc(C(F)(F)F)cn3c2C=O)cc1. The van der Waals surface area contributed by atoms with E-state index in [1.807, 2.05) is 19.1 Å². The number of rotatable bonds is 2. The fourth-order valence-corrected chi connectivity index (χ4v) is 2.56. The van der Waals surface area contributed by atoms with Crippen LogP contribution in [0, 0.1) is 6.92 Å². The maximum Gasteiger partial charge on any atom is 0.417 e. The first kappa shape index (κ1) is 15.6. The molecule has 0 N–H and O–H groups in total. The van der Waals surface area contributed by atoms with Crippen LogP contribution in [-0.4, -0.2) is 15.7 Å². The molecule has 2 heterocycles. The number of aldehydes is 1. The molecule has 0 saturated heterocycles. The molecule has 0 saturated carbocycles. The van der Waals surface area contributed by atoms with Crippen molar-refractivity contribution < 1.29 is 18.0 Å². The van der Waals surface area contributed by atoms with Crippen LogP contribution in [0.4, 0.5) is 13.2 Å². The van der Waals surface area contributed by atoms with Gasteiger partial charge in [-0.2, -0.15) is 13.2 Å². The van der Waals surface area contributed by atoms with E-state index in [0.717, 1.165) is 22.2 Å². The number of imidazole rings is 1. The van der Waals surface area contributed by atoms with Gasteiger partial charge in [0.15, 0.2) is 11.9 Å². The van der Waals surface area contributed by atoms with E-state index in [1.54, 1.807) is 12.1 Å². The van der Waals surface area contributed by atoms with Gasteiger partial charge in [-0.1, -0.05) is 41.4 Å². The number of alkyl halides is 3. The van der Waals surface area contributed by atoms with Crippen molar-refractivity contribution >= 4 is 23.5 Å². The van der Waals surface area contributed by atoms with Crippen LogP contribution in [0.25, 0.3) is 16.9 Å². The molecule has 118 valence electrons. The Kier molecular flexibility index (Phi) is 3.64. The van der Waals surface area contributed by atoms with Gasteiger partial charge in [-0.15, -0.1) is 0 Å². The molecule has 3 nitrogen and oxygen atoms in total. The summed E-state index contributed by atoms with van der Waals surface area (Å²) in [6.07, 6.45) is -3.26. The number of aryl methyl sites for hydroxylation is 1. The molecule has 0 amide bonds. The number of carbonyl (C=O) groups excluding carboxylic acids is 1. The number of nitrogens with zero attached hydrogens (tertiary/aromatic N) is 2. The largest absolute Gasteiger partial charge is 0.417 e. The van der Waals surface area contributed by atoms with Gasteiger partial charge in [0, 0.05) is 11.8 Å². The molecule has 7 heteroatoms. The second-order valence-corrected chi connectivity index (χ2v) is 5.50. The number of hydrogen-bond acceptors (Lipinski definition) is 2. The lowest BCUT2D eigenvalue weighted by molar-refractivity contribution is -0.137. The van der Waals surface area contributed by atoms with E-state index < -0.39 is 11.7 Å². The molecule has 1 aromatic carbocycles. The van der Waals surface area contributed by atoms with Crippen LogP contribution in [0.15, 0.2) is 36.5 Å². The van der Waals surface area contributed by atoms with Crippen LogP contribution in [0.3, 0.4) is 0 Å². The quantitative estimate of drug-likeness (QED) is 0.629. The van der Waals surface area contributed by atoms with E-state index in [4.69, 9.17) is 11.6 Å². The molecule has 2 aromatic heterocycles. The Balaban J connectivity index is 2.31. The third-order valence-electron chi connectivity index (χ3n) is 3.48. The lowest BCUT2D eigenvalue weighted by Gasteiger charge is -2.08. The Hall–Kier alpha value is -2.34. The zero-order chi connectivity index (χ0) is 16.8. The lowest BCUT2D eigenvalue weighted by Crippen LogP contribution is -2.07. The first-order valence-electron chi connectivity index (χ1n) is 6.62. The molecule has 3 rings (SSSR count). The standard InChI is InChI=1S/C16H10ClF3N2O/c1-9-2-4-10(5-3-9)14-13(8-23)22-7-11(16(18,19)20)6-12(17)15(22)21-14/h2-8H,1H3. The van der Waals surface area contributed by atoms with Gasteiger partial charge in [0.05, 0.1) is 10.6 Å². The smallest absolute Gasteiger partial charge is 0.296 e. The van der Waals surface area contributed by atoms with Crippen LogP contribution in [0.2, 0.25) is 5.02 Å². The van der Waals surface area contributed by atoms with Crippen molar-refractivity contribution in [1.82, 2.24) is 9.38 Å². The Bertz CT molecular complexity index is 898. The molecular weight excluding hydrogens is 329 g/mol. The summed E-state index contributed by atoms with van der Waals surface area (Å²) in [5.41, 5.74) is 1.13. The normalized spacial score (nSPS) is 11.9. The molecule has 0 unspecified atom stereocenters. The van der Waals surface area contributed by atoms with Crippen molar-refractivity contribution in [1.29, 1.82) is 0 Å². The predicted octanol–water partition coefficient (Wildman–Crippen LogP) is 4.79. The fourth-order valence-electron chi connectivity index (χ4n) is 2.31. The van der Waals surface area contributed by atoms with Gasteiger partial charge in [-0.3, -0.25) is 9.20 Å². The van der Waals surface area contributed by atoms with Crippen molar-refractivity contribution in [3.8, 4) is 11.3 Å². The highest BCUT2D eigenvalue weighted by atomic mass is 35.5. The number of aromatic nitrogens is 2. The van der Waals surface area contributed by atoms with E-state index in [1.165, 1.54) is 0 Å². The first-order valence-corrected chi connectivity index (χ1v) is 7.00. The average molecular weight is 339 g/mol. The summed E-state index contributed by atoms with van der Waals surface area (Å²) < 4.78 is 39.9. The molecule has 0 bridgehead atoms. The first-order chi connectivity index (χ1) is 10.8. The Labute approximate surface area is 134 Å². The summed E-state index contributed by atoms with van der Waals surface area (Å²) in [6.45, 7) is 1.90. The van der Waals surface area contributed by atoms with Gasteiger partial charge in [-0.25, -0.2) is 4.98 Å². The second kappa shape index (κ2) is 5.38. The van der Waals surface area contributed by atoms with E-state index >= 15 is 0 Å². The third-order valence-corrected chi connectivity index (χ3v) is 3.75. The van der Waals surface area contributed by atoms with E-state index in [2.05, 4.69) is 4.98 Å². The molecule has 0 spiro atoms. The maximum atomic E-state index is 12.9. The van der Waals surface area contributed by atoms with Gasteiger partial charge in [0.25, 0.3) is 0 Å². The van der Waals surface area contributed by atoms with E-state index in [-0.39, 0.29) is 16.4 Å².